The molecule has 2 heterocycles. The van der Waals surface area contributed by atoms with Crippen molar-refractivity contribution in [3.05, 3.63) is 24.3 Å². The smallest absolute Gasteiger partial charge is 0.241 e. The highest BCUT2D eigenvalue weighted by Crippen LogP contribution is 2.27. The molecular weight excluding hydrogens is 378 g/mol. The Morgan fingerprint density at radius 2 is 1.83 bits per heavy atom. The fraction of sp³-hybridized carbons (Fsp3) is 0.667. The number of carbonyl (C=O) groups excluding carboxylic acids is 2. The third-order valence-electron chi connectivity index (χ3n) is 6.53. The van der Waals surface area contributed by atoms with Gasteiger partial charge in [0.05, 0.1) is 13.2 Å². The van der Waals surface area contributed by atoms with Crippen LogP contribution in [0.2, 0.25) is 0 Å². The third kappa shape index (κ3) is 5.54. The number of hydrogen-bond donors (Lipinski definition) is 1. The summed E-state index contributed by atoms with van der Waals surface area (Å²) in [7, 11) is 1.62. The lowest BCUT2D eigenvalue weighted by Crippen LogP contribution is -2.51. The number of anilines is 1. The largest absolute Gasteiger partial charge is 0.497 e. The zero-order valence-electron chi connectivity index (χ0n) is 18.9. The predicted octanol–water partition coefficient (Wildman–Crippen LogP) is 3.63. The molecule has 0 bridgehead atoms. The highest BCUT2D eigenvalue weighted by molar-refractivity contribution is 5.95. The average molecular weight is 416 g/mol. The minimum atomic E-state index is -0.178. The van der Waals surface area contributed by atoms with Gasteiger partial charge < -0.3 is 15.0 Å². The van der Waals surface area contributed by atoms with Gasteiger partial charge in [-0.3, -0.25) is 14.5 Å². The molecule has 1 aromatic rings. The van der Waals surface area contributed by atoms with Crippen LogP contribution < -0.4 is 10.1 Å². The maximum atomic E-state index is 13.0. The standard InChI is InChI=1S/C24H37N3O3/c1-5-22(23(28)25-20-7-6-8-21(14-20)30-4)26-11-9-19(10-12-26)24(29)27-15-17(2)13-18(3)16-27/h6-8,14,17-19,22H,5,9-13,15-16H2,1-4H3,(H,25,28)/t17-,18-,22+/m0/s1. The normalized spacial score (nSPS) is 24.3. The molecule has 0 spiro atoms. The minimum absolute atomic E-state index is 0.00853. The van der Waals surface area contributed by atoms with Crippen LogP contribution in [0.25, 0.3) is 0 Å². The van der Waals surface area contributed by atoms with Crippen molar-refractivity contribution in [2.45, 2.75) is 52.5 Å². The SMILES string of the molecule is CC[C@H](C(=O)Nc1cccc(OC)c1)N1CCC(C(=O)N2C[C@@H](C)C[C@H](C)C2)CC1. The highest BCUT2D eigenvalue weighted by atomic mass is 16.5. The number of ether oxygens (including phenoxy) is 1. The van der Waals surface area contributed by atoms with Gasteiger partial charge in [0.15, 0.2) is 0 Å². The molecule has 2 aliphatic heterocycles. The molecule has 6 heteroatoms. The van der Waals surface area contributed by atoms with Gasteiger partial charge in [-0.2, -0.15) is 0 Å². The predicted molar refractivity (Wildman–Crippen MR) is 120 cm³/mol. The van der Waals surface area contributed by atoms with Gasteiger partial charge in [0.25, 0.3) is 0 Å². The number of nitrogens with one attached hydrogen (secondary N) is 1. The van der Waals surface area contributed by atoms with E-state index in [0.717, 1.165) is 56.9 Å². The van der Waals surface area contributed by atoms with Crippen LogP contribution in [0.3, 0.4) is 0 Å². The number of rotatable bonds is 6. The van der Waals surface area contributed by atoms with E-state index >= 15 is 0 Å². The van der Waals surface area contributed by atoms with Crippen LogP contribution in [0.4, 0.5) is 5.69 Å². The van der Waals surface area contributed by atoms with Crippen LogP contribution in [0.1, 0.15) is 46.5 Å². The van der Waals surface area contributed by atoms with Crippen LogP contribution >= 0.6 is 0 Å². The number of hydrogen-bond acceptors (Lipinski definition) is 4. The van der Waals surface area contributed by atoms with E-state index in [1.807, 2.05) is 31.2 Å². The molecule has 0 saturated carbocycles. The Balaban J connectivity index is 1.54. The van der Waals surface area contributed by atoms with E-state index in [0.29, 0.717) is 17.7 Å². The number of amides is 2. The van der Waals surface area contributed by atoms with Gasteiger partial charge in [0.1, 0.15) is 5.75 Å². The fourth-order valence-corrected chi connectivity index (χ4v) is 5.09. The lowest BCUT2D eigenvalue weighted by molar-refractivity contribution is -0.140. The lowest BCUT2D eigenvalue weighted by atomic mass is 9.88. The molecule has 2 aliphatic rings. The molecule has 2 saturated heterocycles. The van der Waals surface area contributed by atoms with Gasteiger partial charge in [0, 0.05) is 30.8 Å². The molecule has 2 amide bonds. The van der Waals surface area contributed by atoms with Crippen molar-refractivity contribution < 1.29 is 14.3 Å². The van der Waals surface area contributed by atoms with Gasteiger partial charge >= 0.3 is 0 Å². The Labute approximate surface area is 180 Å². The number of methoxy groups -OCH3 is 1. The molecule has 0 radical (unpaired) electrons. The van der Waals surface area contributed by atoms with E-state index in [1.165, 1.54) is 6.42 Å². The Hall–Kier alpha value is -2.08. The summed E-state index contributed by atoms with van der Waals surface area (Å²) in [6.45, 7) is 9.90. The zero-order valence-corrected chi connectivity index (χ0v) is 18.9. The summed E-state index contributed by atoms with van der Waals surface area (Å²) in [6.07, 6.45) is 3.63. The first kappa shape index (κ1) is 22.6. The number of nitrogens with zero attached hydrogens (tertiary/aromatic N) is 2. The van der Waals surface area contributed by atoms with E-state index < -0.39 is 0 Å². The van der Waals surface area contributed by atoms with Gasteiger partial charge in [-0.05, 0) is 62.7 Å². The Morgan fingerprint density at radius 1 is 1.17 bits per heavy atom. The second kappa shape index (κ2) is 10.3. The Kier molecular flexibility index (Phi) is 7.75. The van der Waals surface area contributed by atoms with Gasteiger partial charge in [-0.25, -0.2) is 0 Å². The molecule has 3 atom stereocenters. The van der Waals surface area contributed by atoms with Crippen LogP contribution in [0.15, 0.2) is 24.3 Å². The molecule has 6 nitrogen and oxygen atoms in total. The second-order valence-corrected chi connectivity index (χ2v) is 9.14. The summed E-state index contributed by atoms with van der Waals surface area (Å²) in [5, 5.41) is 3.02. The summed E-state index contributed by atoms with van der Waals surface area (Å²) in [5.41, 5.74) is 0.746. The molecular formula is C24H37N3O3. The Morgan fingerprint density at radius 3 is 2.43 bits per heavy atom. The van der Waals surface area contributed by atoms with Crippen molar-refractivity contribution in [3.8, 4) is 5.75 Å². The van der Waals surface area contributed by atoms with Crippen molar-refractivity contribution in [2.24, 2.45) is 17.8 Å². The van der Waals surface area contributed by atoms with Crippen molar-refractivity contribution in [1.82, 2.24) is 9.80 Å². The Bertz CT molecular complexity index is 720. The maximum Gasteiger partial charge on any atom is 0.241 e. The van der Waals surface area contributed by atoms with Gasteiger partial charge in [-0.15, -0.1) is 0 Å². The second-order valence-electron chi connectivity index (χ2n) is 9.14. The monoisotopic (exact) mass is 415 g/mol. The van der Waals surface area contributed by atoms with E-state index in [9.17, 15) is 9.59 Å². The van der Waals surface area contributed by atoms with E-state index in [1.54, 1.807) is 7.11 Å². The summed E-state index contributed by atoms with van der Waals surface area (Å²) in [4.78, 5) is 30.3. The van der Waals surface area contributed by atoms with Crippen LogP contribution in [0.5, 0.6) is 5.75 Å². The number of likely N-dealkylation sites (tertiary alicyclic amines) is 2. The molecule has 0 unspecified atom stereocenters. The van der Waals surface area contributed by atoms with Crippen LogP contribution in [0, 0.1) is 17.8 Å². The first-order valence-electron chi connectivity index (χ1n) is 11.4. The lowest BCUT2D eigenvalue weighted by Gasteiger charge is -2.40. The molecule has 1 aromatic carbocycles. The first-order valence-corrected chi connectivity index (χ1v) is 11.4. The summed E-state index contributed by atoms with van der Waals surface area (Å²) in [5.74, 6) is 2.32. The quantitative estimate of drug-likeness (QED) is 0.771. The van der Waals surface area contributed by atoms with Crippen LogP contribution in [-0.2, 0) is 9.59 Å². The summed E-state index contributed by atoms with van der Waals surface area (Å²) >= 11 is 0. The first-order chi connectivity index (χ1) is 14.4. The zero-order chi connectivity index (χ0) is 21.7. The summed E-state index contributed by atoms with van der Waals surface area (Å²) < 4.78 is 5.24. The molecule has 0 aliphatic carbocycles. The maximum absolute atomic E-state index is 13.0. The molecule has 166 valence electrons. The van der Waals surface area contributed by atoms with Crippen molar-refractivity contribution in [2.75, 3.05) is 38.6 Å². The van der Waals surface area contributed by atoms with E-state index in [2.05, 4.69) is 29.0 Å². The van der Waals surface area contributed by atoms with Crippen LogP contribution in [-0.4, -0.2) is 60.9 Å². The molecule has 1 N–H and O–H groups in total. The van der Waals surface area contributed by atoms with Gasteiger partial charge in [0.2, 0.25) is 11.8 Å². The third-order valence-corrected chi connectivity index (χ3v) is 6.53. The molecule has 3 rings (SSSR count). The average Bonchev–Trinajstić information content (AvgIpc) is 2.73. The fourth-order valence-electron chi connectivity index (χ4n) is 5.09. The van der Waals surface area contributed by atoms with E-state index in [-0.39, 0.29) is 17.9 Å². The van der Waals surface area contributed by atoms with Crippen molar-refractivity contribution in [1.29, 1.82) is 0 Å². The van der Waals surface area contributed by atoms with Crippen molar-refractivity contribution >= 4 is 17.5 Å². The minimum Gasteiger partial charge on any atom is -0.497 e. The van der Waals surface area contributed by atoms with Gasteiger partial charge in [-0.1, -0.05) is 26.8 Å². The highest BCUT2D eigenvalue weighted by Gasteiger charge is 2.35. The molecule has 0 aromatic heterocycles. The molecule has 30 heavy (non-hydrogen) atoms. The molecule has 2 fully saturated rings. The number of benzene rings is 1. The summed E-state index contributed by atoms with van der Waals surface area (Å²) in [6, 6.07) is 7.25. The number of carbonyl (C=O) groups is 2. The van der Waals surface area contributed by atoms with E-state index in [4.69, 9.17) is 4.74 Å². The van der Waals surface area contributed by atoms with Crippen molar-refractivity contribution in [3.63, 3.8) is 0 Å². The topological polar surface area (TPSA) is 61.9 Å². The number of piperidine rings is 2.